The Morgan fingerprint density at radius 2 is 1.62 bits per heavy atom. The van der Waals surface area contributed by atoms with Crippen LogP contribution in [0.3, 0.4) is 0 Å². The van der Waals surface area contributed by atoms with Crippen LogP contribution in [0.1, 0.15) is 0 Å². The summed E-state index contributed by atoms with van der Waals surface area (Å²) in [4.78, 5) is 0. The fourth-order valence-corrected chi connectivity index (χ4v) is 4.28. The van der Waals surface area contributed by atoms with Crippen LogP contribution in [0, 0.1) is 0 Å². The fourth-order valence-electron chi connectivity index (χ4n) is 0.376. The first-order valence-corrected chi connectivity index (χ1v) is 8.30. The summed E-state index contributed by atoms with van der Waals surface area (Å²) in [6, 6.07) is 0. The van der Waals surface area contributed by atoms with Gasteiger partial charge in [-0.2, -0.15) is 4.33 Å². The van der Waals surface area contributed by atoms with Gasteiger partial charge in [-0.15, -0.1) is 0 Å². The van der Waals surface area contributed by atoms with E-state index in [0.717, 1.165) is 12.0 Å². The van der Waals surface area contributed by atoms with E-state index < -0.39 is 10.1 Å². The summed E-state index contributed by atoms with van der Waals surface area (Å²) in [6.45, 7) is 0. The van der Waals surface area contributed by atoms with Crippen LogP contribution in [0.5, 0.6) is 0 Å². The zero-order valence-corrected chi connectivity index (χ0v) is 16.2. The molecule has 0 aromatic rings. The minimum atomic E-state index is -4.10. The molecular formula is C4H8Na2O6S4. The van der Waals surface area contributed by atoms with Gasteiger partial charge in [-0.25, -0.2) is 8.42 Å². The molecular weight excluding hydrogens is 318 g/mol. The molecule has 0 saturated heterocycles. The van der Waals surface area contributed by atoms with E-state index in [0.29, 0.717) is 11.5 Å². The summed E-state index contributed by atoms with van der Waals surface area (Å²) in [5, 5.41) is 12.4. The average Bonchev–Trinajstić information content (AvgIpc) is 2.08. The quantitative estimate of drug-likeness (QED) is 0.0779. The fraction of sp³-hybridized carbons (Fsp3) is 1.00. The van der Waals surface area contributed by atoms with Crippen molar-refractivity contribution in [3.63, 3.8) is 0 Å². The van der Waals surface area contributed by atoms with Crippen molar-refractivity contribution < 1.29 is 86.7 Å². The van der Waals surface area contributed by atoms with Gasteiger partial charge in [0.2, 0.25) is 0 Å². The molecule has 0 rings (SSSR count). The minimum absolute atomic E-state index is 0. The van der Waals surface area contributed by atoms with Gasteiger partial charge in [0.25, 0.3) is 0 Å². The molecule has 0 aliphatic carbocycles. The van der Waals surface area contributed by atoms with Gasteiger partial charge in [-0.1, -0.05) is 21.6 Å². The van der Waals surface area contributed by atoms with Crippen molar-refractivity contribution in [1.82, 2.24) is 0 Å². The zero-order valence-electron chi connectivity index (χ0n) is 8.91. The van der Waals surface area contributed by atoms with Crippen molar-refractivity contribution in [2.24, 2.45) is 0 Å². The van der Waals surface area contributed by atoms with Gasteiger partial charge >= 0.3 is 59.1 Å². The van der Waals surface area contributed by atoms with E-state index in [-0.39, 0.29) is 70.6 Å². The Morgan fingerprint density at radius 3 is 2.12 bits per heavy atom. The Kier molecular flexibility index (Phi) is 23.7. The maximum Gasteiger partial charge on any atom is 1.00 e. The van der Waals surface area contributed by atoms with E-state index in [1.165, 1.54) is 21.6 Å². The minimum Gasteiger partial charge on any atom is -0.748 e. The summed E-state index contributed by atoms with van der Waals surface area (Å²) in [6.07, 6.45) is 0. The first-order valence-electron chi connectivity index (χ1n) is 3.32. The maximum absolute atomic E-state index is 10.2. The molecule has 0 bridgehead atoms. The van der Waals surface area contributed by atoms with Crippen LogP contribution in [0.2, 0.25) is 0 Å². The van der Waals surface area contributed by atoms with Crippen molar-refractivity contribution in [2.45, 2.75) is 0 Å². The van der Waals surface area contributed by atoms with Crippen LogP contribution in [0.4, 0.5) is 0 Å². The zero-order chi connectivity index (χ0) is 10.9. The third-order valence-electron chi connectivity index (χ3n) is 0.826. The van der Waals surface area contributed by atoms with Gasteiger partial charge in [0.05, 0.1) is 10.1 Å². The smallest absolute Gasteiger partial charge is 0.748 e. The van der Waals surface area contributed by atoms with E-state index in [4.69, 9.17) is 0 Å². The van der Waals surface area contributed by atoms with Crippen LogP contribution in [0.15, 0.2) is 0 Å². The Bertz CT molecular complexity index is 225. The summed E-state index contributed by atoms with van der Waals surface area (Å²) in [5.41, 5.74) is 0. The van der Waals surface area contributed by atoms with Crippen molar-refractivity contribution >= 4 is 43.7 Å². The summed E-state index contributed by atoms with van der Waals surface area (Å²) in [7, 11) is -1.41. The molecule has 0 fully saturated rings. The Morgan fingerprint density at radius 1 is 1.06 bits per heavy atom. The molecule has 6 nitrogen and oxygen atoms in total. The van der Waals surface area contributed by atoms with Crippen molar-refractivity contribution in [1.29, 1.82) is 0 Å². The molecule has 0 unspecified atom stereocenters. The van der Waals surface area contributed by atoms with E-state index >= 15 is 0 Å². The normalized spacial score (nSPS) is 10.4. The first-order chi connectivity index (χ1) is 6.56. The molecule has 0 aromatic carbocycles. The van der Waals surface area contributed by atoms with Gasteiger partial charge in [0, 0.05) is 35.1 Å². The van der Waals surface area contributed by atoms with Gasteiger partial charge < -0.3 is 9.81 Å². The topological polar surface area (TPSA) is 98.7 Å². The van der Waals surface area contributed by atoms with E-state index in [1.807, 2.05) is 0 Å². The van der Waals surface area contributed by atoms with Gasteiger partial charge in [-0.3, -0.25) is 5.04 Å². The Hall–Kier alpha value is 2.84. The molecule has 86 valence electrons. The van der Waals surface area contributed by atoms with Crippen molar-refractivity contribution in [3.8, 4) is 0 Å². The Labute approximate surface area is 151 Å². The standard InChI is InChI=1S/C4H10O6S4.2Na/c5-9-10-11-1-2-12-13-3-4-14(6,7)8;;/h5H,1-4H2,(H,6,7,8);;/q;2*+1/p-2. The summed E-state index contributed by atoms with van der Waals surface area (Å²) < 4.78 is 34.4. The molecule has 0 saturated carbocycles. The van der Waals surface area contributed by atoms with E-state index in [9.17, 15) is 18.2 Å². The monoisotopic (exact) mass is 326 g/mol. The predicted octanol–water partition coefficient (Wildman–Crippen LogP) is -6.21. The molecule has 0 aliphatic heterocycles. The number of hydrogen-bond acceptors (Lipinski definition) is 9. The van der Waals surface area contributed by atoms with Crippen LogP contribution in [0.25, 0.3) is 0 Å². The van der Waals surface area contributed by atoms with Crippen molar-refractivity contribution in [2.75, 3.05) is 23.0 Å². The van der Waals surface area contributed by atoms with E-state index in [2.05, 4.69) is 9.37 Å². The summed E-state index contributed by atoms with van der Waals surface area (Å²) in [5.74, 6) is 1.11. The SMILES string of the molecule is O=S(=O)([O-])CCSSCCSOO[O-].[Na+].[Na+]. The molecule has 0 aromatic heterocycles. The third-order valence-corrected chi connectivity index (χ3v) is 4.98. The first kappa shape index (κ1) is 23.9. The molecule has 0 N–H and O–H groups in total. The molecule has 0 heterocycles. The second-order valence-electron chi connectivity index (χ2n) is 1.86. The van der Waals surface area contributed by atoms with Crippen LogP contribution in [-0.4, -0.2) is 36.0 Å². The van der Waals surface area contributed by atoms with Gasteiger partial charge in [-0.05, 0) is 0 Å². The van der Waals surface area contributed by atoms with Crippen LogP contribution < -0.4 is 64.4 Å². The molecule has 16 heavy (non-hydrogen) atoms. The number of rotatable bonds is 9. The molecule has 0 spiro atoms. The molecule has 0 atom stereocenters. The predicted molar refractivity (Wildman–Crippen MR) is 54.1 cm³/mol. The number of hydrogen-bond donors (Lipinski definition) is 0. The summed E-state index contributed by atoms with van der Waals surface area (Å²) >= 11 is 0.868. The molecule has 0 amide bonds. The molecule has 0 radical (unpaired) electrons. The van der Waals surface area contributed by atoms with Gasteiger partial charge in [0.15, 0.2) is 0 Å². The van der Waals surface area contributed by atoms with Crippen LogP contribution in [-0.2, 0) is 19.5 Å². The van der Waals surface area contributed by atoms with Crippen LogP contribution >= 0.6 is 33.6 Å². The van der Waals surface area contributed by atoms with Gasteiger partial charge in [0.1, 0.15) is 0 Å². The Balaban J connectivity index is -0.000000845. The van der Waals surface area contributed by atoms with E-state index in [1.54, 1.807) is 0 Å². The molecule has 12 heteroatoms. The second kappa shape index (κ2) is 15.9. The maximum atomic E-state index is 10.2. The second-order valence-corrected chi connectivity index (χ2v) is 6.87. The molecule has 0 aliphatic rings. The largest absolute Gasteiger partial charge is 1.00 e. The van der Waals surface area contributed by atoms with Crippen molar-refractivity contribution in [3.05, 3.63) is 0 Å². The third kappa shape index (κ3) is 22.1. The average molecular weight is 326 g/mol.